The quantitative estimate of drug-likeness (QED) is 0.705. The summed E-state index contributed by atoms with van der Waals surface area (Å²) in [6, 6.07) is 8.82. The molecule has 10 heteroatoms. The number of hydrogen-bond donors (Lipinski definition) is 1. The molecule has 2 amide bonds. The molecule has 0 unspecified atom stereocenters. The number of nitrogens with one attached hydrogen (secondary N) is 1. The minimum absolute atomic E-state index is 0.115. The maximum absolute atomic E-state index is 12.6. The van der Waals surface area contributed by atoms with Crippen molar-refractivity contribution >= 4 is 27.4 Å². The van der Waals surface area contributed by atoms with Gasteiger partial charge in [-0.25, -0.2) is 23.2 Å². The van der Waals surface area contributed by atoms with Crippen LogP contribution >= 0.6 is 0 Å². The van der Waals surface area contributed by atoms with Crippen LogP contribution in [-0.2, 0) is 20.3 Å². The molecule has 0 spiro atoms. The molecule has 1 aliphatic heterocycles. The number of sulfone groups is 1. The van der Waals surface area contributed by atoms with E-state index in [2.05, 4.69) is 15.2 Å². The first-order chi connectivity index (χ1) is 15.1. The first-order valence-corrected chi connectivity index (χ1v) is 12.3. The average Bonchev–Trinajstić information content (AvgIpc) is 2.74. The van der Waals surface area contributed by atoms with E-state index < -0.39 is 15.1 Å². The Hall–Kier alpha value is -2.72. The number of carbonyl (C=O) groups excluding carboxylic acids is 1. The van der Waals surface area contributed by atoms with E-state index in [0.29, 0.717) is 42.8 Å². The summed E-state index contributed by atoms with van der Waals surface area (Å²) in [5, 5.41) is 2.29. The molecule has 1 fully saturated rings. The van der Waals surface area contributed by atoms with E-state index in [1.807, 2.05) is 19.1 Å². The van der Waals surface area contributed by atoms with Crippen LogP contribution in [0.3, 0.4) is 0 Å². The van der Waals surface area contributed by atoms with E-state index in [1.165, 1.54) is 4.90 Å². The number of benzene rings is 1. The Morgan fingerprint density at radius 2 is 1.94 bits per heavy atom. The highest BCUT2D eigenvalue weighted by molar-refractivity contribution is 7.91. The standard InChI is InChI=1S/C22H31N5O4S/c1-15(2)32(29,30)14-19-12-20(27-10-11-31-13-16(27)3)25-21(23-19)17-6-8-18(9-7-17)24-22(28)26(4)5/h6-9,12,15-16H,10-11,13-14H2,1-5H3,(H,24,28)/t16-/m0/s1. The highest BCUT2D eigenvalue weighted by Crippen LogP contribution is 2.25. The number of amides is 2. The van der Waals surface area contributed by atoms with E-state index in [-0.39, 0.29) is 17.8 Å². The number of hydrogen-bond acceptors (Lipinski definition) is 7. The van der Waals surface area contributed by atoms with Gasteiger partial charge in [0.25, 0.3) is 0 Å². The second-order valence-electron chi connectivity index (χ2n) is 8.42. The fraction of sp³-hybridized carbons (Fsp3) is 0.500. The third-order valence-corrected chi connectivity index (χ3v) is 7.43. The molecule has 2 heterocycles. The molecule has 3 rings (SSSR count). The van der Waals surface area contributed by atoms with Crippen LogP contribution in [0.2, 0.25) is 0 Å². The normalized spacial score (nSPS) is 16.8. The van der Waals surface area contributed by atoms with Crippen LogP contribution in [0.4, 0.5) is 16.3 Å². The Balaban J connectivity index is 1.97. The fourth-order valence-corrected chi connectivity index (χ4v) is 4.10. The van der Waals surface area contributed by atoms with Crippen molar-refractivity contribution in [1.29, 1.82) is 0 Å². The first-order valence-electron chi connectivity index (χ1n) is 10.6. The molecule has 0 bridgehead atoms. The smallest absolute Gasteiger partial charge is 0.321 e. The molecule has 1 saturated heterocycles. The van der Waals surface area contributed by atoms with Crippen molar-refractivity contribution in [2.45, 2.75) is 37.8 Å². The molecule has 2 aromatic rings. The van der Waals surface area contributed by atoms with Gasteiger partial charge in [0.05, 0.1) is 36.0 Å². The minimum atomic E-state index is -3.33. The van der Waals surface area contributed by atoms with Crippen molar-refractivity contribution in [2.24, 2.45) is 0 Å². The van der Waals surface area contributed by atoms with Crippen LogP contribution in [0.1, 0.15) is 26.5 Å². The van der Waals surface area contributed by atoms with Crippen LogP contribution < -0.4 is 10.2 Å². The highest BCUT2D eigenvalue weighted by Gasteiger charge is 2.24. The molecule has 1 aromatic carbocycles. The second kappa shape index (κ2) is 9.83. The zero-order valence-corrected chi connectivity index (χ0v) is 20.0. The summed E-state index contributed by atoms with van der Waals surface area (Å²) < 4.78 is 30.7. The maximum Gasteiger partial charge on any atom is 0.321 e. The number of urea groups is 1. The van der Waals surface area contributed by atoms with Crippen LogP contribution in [0.5, 0.6) is 0 Å². The Kier molecular flexibility index (Phi) is 7.35. The van der Waals surface area contributed by atoms with Crippen molar-refractivity contribution in [3.63, 3.8) is 0 Å². The van der Waals surface area contributed by atoms with E-state index in [1.54, 1.807) is 46.1 Å². The summed E-state index contributed by atoms with van der Waals surface area (Å²) >= 11 is 0. The Morgan fingerprint density at radius 1 is 1.25 bits per heavy atom. The van der Waals surface area contributed by atoms with Gasteiger partial charge in [0.1, 0.15) is 5.82 Å². The van der Waals surface area contributed by atoms with E-state index in [0.717, 1.165) is 5.56 Å². The van der Waals surface area contributed by atoms with Gasteiger partial charge in [0.2, 0.25) is 0 Å². The van der Waals surface area contributed by atoms with Crippen LogP contribution in [-0.4, -0.2) is 74.5 Å². The lowest BCUT2D eigenvalue weighted by molar-refractivity contribution is 0.0985. The summed E-state index contributed by atoms with van der Waals surface area (Å²) in [5.74, 6) is 0.980. The third kappa shape index (κ3) is 5.74. The van der Waals surface area contributed by atoms with Crippen molar-refractivity contribution < 1.29 is 17.9 Å². The molecule has 0 aliphatic carbocycles. The van der Waals surface area contributed by atoms with Crippen molar-refractivity contribution in [3.8, 4) is 11.4 Å². The molecule has 1 N–H and O–H groups in total. The largest absolute Gasteiger partial charge is 0.377 e. The number of morpholine rings is 1. The second-order valence-corrected chi connectivity index (χ2v) is 11.0. The highest BCUT2D eigenvalue weighted by atomic mass is 32.2. The van der Waals surface area contributed by atoms with Gasteiger partial charge in [-0.05, 0) is 45.0 Å². The molecule has 174 valence electrons. The Morgan fingerprint density at radius 3 is 2.53 bits per heavy atom. The summed E-state index contributed by atoms with van der Waals surface area (Å²) in [6.45, 7) is 7.23. The van der Waals surface area contributed by atoms with Crippen LogP contribution in [0.25, 0.3) is 11.4 Å². The molecule has 1 atom stereocenters. The summed E-state index contributed by atoms with van der Waals surface area (Å²) in [4.78, 5) is 24.7. The van der Waals surface area contributed by atoms with Crippen molar-refractivity contribution in [1.82, 2.24) is 14.9 Å². The number of carbonyl (C=O) groups is 1. The lowest BCUT2D eigenvalue weighted by Crippen LogP contribution is -2.44. The summed E-state index contributed by atoms with van der Waals surface area (Å²) in [6.07, 6.45) is 0. The zero-order chi connectivity index (χ0) is 23.5. The minimum Gasteiger partial charge on any atom is -0.377 e. The molecule has 0 radical (unpaired) electrons. The number of nitrogens with zero attached hydrogens (tertiary/aromatic N) is 4. The summed E-state index contributed by atoms with van der Waals surface area (Å²) in [7, 11) is 0.0129. The first kappa shape index (κ1) is 23.9. The molecule has 1 aromatic heterocycles. The fourth-order valence-electron chi connectivity index (χ4n) is 3.21. The van der Waals surface area contributed by atoms with E-state index >= 15 is 0 Å². The predicted octanol–water partition coefficient (Wildman–Crippen LogP) is 2.79. The number of aromatic nitrogens is 2. The van der Waals surface area contributed by atoms with Gasteiger partial charge in [0, 0.05) is 38.0 Å². The Labute approximate surface area is 189 Å². The number of ether oxygens (including phenoxy) is 1. The predicted molar refractivity (Wildman–Crippen MR) is 126 cm³/mol. The van der Waals surface area contributed by atoms with E-state index in [4.69, 9.17) is 9.72 Å². The van der Waals surface area contributed by atoms with Gasteiger partial charge >= 0.3 is 6.03 Å². The SMILES string of the molecule is CC(C)S(=O)(=O)Cc1cc(N2CCOC[C@@H]2C)nc(-c2ccc(NC(=O)N(C)C)cc2)n1. The molecule has 1 aliphatic rings. The van der Waals surface area contributed by atoms with Crippen LogP contribution in [0.15, 0.2) is 30.3 Å². The number of rotatable bonds is 6. The maximum atomic E-state index is 12.6. The zero-order valence-electron chi connectivity index (χ0n) is 19.2. The summed E-state index contributed by atoms with van der Waals surface area (Å²) in [5.41, 5.74) is 1.84. The molecule has 0 saturated carbocycles. The van der Waals surface area contributed by atoms with Gasteiger partial charge in [-0.2, -0.15) is 0 Å². The topological polar surface area (TPSA) is 105 Å². The third-order valence-electron chi connectivity index (χ3n) is 5.30. The van der Waals surface area contributed by atoms with Gasteiger partial charge < -0.3 is 19.9 Å². The van der Waals surface area contributed by atoms with Crippen molar-refractivity contribution in [2.75, 3.05) is 44.1 Å². The lowest BCUT2D eigenvalue weighted by atomic mass is 10.2. The Bertz CT molecular complexity index is 1050. The monoisotopic (exact) mass is 461 g/mol. The molecule has 32 heavy (non-hydrogen) atoms. The number of anilines is 2. The lowest BCUT2D eigenvalue weighted by Gasteiger charge is -2.34. The average molecular weight is 462 g/mol. The van der Waals surface area contributed by atoms with E-state index in [9.17, 15) is 13.2 Å². The molecule has 9 nitrogen and oxygen atoms in total. The molecular weight excluding hydrogens is 430 g/mol. The van der Waals surface area contributed by atoms with Crippen molar-refractivity contribution in [3.05, 3.63) is 36.0 Å². The van der Waals surface area contributed by atoms with Gasteiger partial charge in [-0.1, -0.05) is 0 Å². The van der Waals surface area contributed by atoms with Gasteiger partial charge in [-0.15, -0.1) is 0 Å². The van der Waals surface area contributed by atoms with Gasteiger partial charge in [-0.3, -0.25) is 0 Å². The van der Waals surface area contributed by atoms with Gasteiger partial charge in [0.15, 0.2) is 15.7 Å². The molecular formula is C22H31N5O4S. The van der Waals surface area contributed by atoms with Crippen LogP contribution in [0, 0.1) is 0 Å².